The van der Waals surface area contributed by atoms with Crippen molar-refractivity contribution in [2.45, 2.75) is 96.3 Å². The fraction of sp³-hybridized carbons (Fsp3) is 0.552. The third-order valence-electron chi connectivity index (χ3n) is 6.68. The van der Waals surface area contributed by atoms with Gasteiger partial charge in [0.25, 0.3) is 0 Å². The molecule has 1 aliphatic carbocycles. The molecule has 2 nitrogen and oxygen atoms in total. The molecule has 0 saturated heterocycles. The first-order valence-corrected chi connectivity index (χ1v) is 12.6. The maximum absolute atomic E-state index is 9.62. The molecule has 3 rings (SSSR count). The van der Waals surface area contributed by atoms with E-state index >= 15 is 0 Å². The minimum Gasteiger partial charge on any atom is -0.492 e. The number of nitriles is 1. The van der Waals surface area contributed by atoms with Crippen LogP contribution < -0.4 is 4.74 Å². The Morgan fingerprint density at radius 2 is 1.45 bits per heavy atom. The van der Waals surface area contributed by atoms with Crippen molar-refractivity contribution in [2.24, 2.45) is 0 Å². The molecular weight excluding hydrogens is 378 g/mol. The molecule has 0 bridgehead atoms. The van der Waals surface area contributed by atoms with Crippen LogP contribution >= 0.6 is 0 Å². The van der Waals surface area contributed by atoms with E-state index in [2.05, 4.69) is 43.3 Å². The lowest BCUT2D eigenvalue weighted by molar-refractivity contribution is 0.303. The zero-order valence-corrected chi connectivity index (χ0v) is 19.4. The van der Waals surface area contributed by atoms with Gasteiger partial charge in [-0.3, -0.25) is 0 Å². The second-order valence-electron chi connectivity index (χ2n) is 9.10. The molecule has 166 valence electrons. The van der Waals surface area contributed by atoms with E-state index in [-0.39, 0.29) is 0 Å². The summed E-state index contributed by atoms with van der Waals surface area (Å²) in [5.41, 5.74) is 4.36. The third-order valence-corrected chi connectivity index (χ3v) is 6.68. The van der Waals surface area contributed by atoms with Crippen molar-refractivity contribution in [1.29, 1.82) is 5.26 Å². The van der Waals surface area contributed by atoms with Gasteiger partial charge in [-0.05, 0) is 54.0 Å². The first-order valence-electron chi connectivity index (χ1n) is 12.6. The Kier molecular flexibility index (Phi) is 9.97. The smallest absolute Gasteiger partial charge is 0.137 e. The number of ether oxygens (including phenoxy) is 1. The van der Waals surface area contributed by atoms with E-state index in [1.54, 1.807) is 0 Å². The molecule has 0 amide bonds. The Bertz CT molecular complexity index is 812. The van der Waals surface area contributed by atoms with Crippen molar-refractivity contribution in [2.75, 3.05) is 6.61 Å². The second kappa shape index (κ2) is 13.2. The van der Waals surface area contributed by atoms with Crippen molar-refractivity contribution in [3.05, 3.63) is 53.6 Å². The highest BCUT2D eigenvalue weighted by atomic mass is 16.5. The number of rotatable bonds is 12. The summed E-state index contributed by atoms with van der Waals surface area (Å²) in [6.45, 7) is 2.95. The molecule has 1 aliphatic rings. The number of unbranched alkanes of at least 4 members (excludes halogenated alkanes) is 7. The van der Waals surface area contributed by atoms with Crippen molar-refractivity contribution < 1.29 is 4.74 Å². The van der Waals surface area contributed by atoms with E-state index in [0.29, 0.717) is 17.9 Å². The summed E-state index contributed by atoms with van der Waals surface area (Å²) in [6.07, 6.45) is 17.0. The highest BCUT2D eigenvalue weighted by molar-refractivity contribution is 5.67. The molecule has 0 aromatic heterocycles. The fourth-order valence-electron chi connectivity index (χ4n) is 4.72. The van der Waals surface area contributed by atoms with E-state index in [4.69, 9.17) is 4.74 Å². The molecule has 1 fully saturated rings. The van der Waals surface area contributed by atoms with Gasteiger partial charge in [-0.1, -0.05) is 101 Å². The number of benzene rings is 2. The summed E-state index contributed by atoms with van der Waals surface area (Å²) in [6, 6.07) is 17.3. The third kappa shape index (κ3) is 7.42. The lowest BCUT2D eigenvalue weighted by atomic mass is 9.83. The number of hydrogen-bond donors (Lipinski definition) is 0. The average molecular weight is 418 g/mol. The summed E-state index contributed by atoms with van der Waals surface area (Å²) < 4.78 is 5.94. The summed E-state index contributed by atoms with van der Waals surface area (Å²) in [5.74, 6) is 1.44. The Hall–Kier alpha value is -2.27. The van der Waals surface area contributed by atoms with E-state index < -0.39 is 0 Å². The van der Waals surface area contributed by atoms with Crippen LogP contribution in [0.3, 0.4) is 0 Å². The first-order chi connectivity index (χ1) is 15.3. The molecule has 0 radical (unpaired) electrons. The second-order valence-corrected chi connectivity index (χ2v) is 9.10. The van der Waals surface area contributed by atoms with Crippen LogP contribution in [0.4, 0.5) is 0 Å². The molecule has 0 spiro atoms. The van der Waals surface area contributed by atoms with Crippen LogP contribution in [0.25, 0.3) is 11.1 Å². The minimum absolute atomic E-state index is 0.633. The molecule has 2 aromatic rings. The summed E-state index contributed by atoms with van der Waals surface area (Å²) in [4.78, 5) is 0. The lowest BCUT2D eigenvalue weighted by Gasteiger charge is -2.22. The van der Waals surface area contributed by atoms with Gasteiger partial charge in [0.15, 0.2) is 0 Å². The molecular formula is C29H39NO. The van der Waals surface area contributed by atoms with E-state index in [0.717, 1.165) is 17.9 Å². The maximum Gasteiger partial charge on any atom is 0.137 e. The van der Waals surface area contributed by atoms with Gasteiger partial charge in [-0.25, -0.2) is 0 Å². The Labute approximate surface area is 189 Å². The van der Waals surface area contributed by atoms with Gasteiger partial charge in [0.2, 0.25) is 0 Å². The van der Waals surface area contributed by atoms with Crippen LogP contribution in [-0.2, 0) is 0 Å². The highest BCUT2D eigenvalue weighted by Gasteiger charge is 2.15. The normalized spacial score (nSPS) is 14.3. The monoisotopic (exact) mass is 417 g/mol. The molecule has 0 aliphatic heterocycles. The van der Waals surface area contributed by atoms with Gasteiger partial charge >= 0.3 is 0 Å². The molecule has 0 N–H and O–H groups in total. The molecule has 1 saturated carbocycles. The van der Waals surface area contributed by atoms with Gasteiger partial charge in [-0.15, -0.1) is 0 Å². The molecule has 2 aromatic carbocycles. The Morgan fingerprint density at radius 1 is 0.806 bits per heavy atom. The van der Waals surface area contributed by atoms with Crippen LogP contribution in [0.2, 0.25) is 0 Å². The molecule has 0 unspecified atom stereocenters. The average Bonchev–Trinajstić information content (AvgIpc) is 2.83. The highest BCUT2D eigenvalue weighted by Crippen LogP contribution is 2.34. The van der Waals surface area contributed by atoms with E-state index in [9.17, 15) is 5.26 Å². The number of hydrogen-bond acceptors (Lipinski definition) is 2. The standard InChI is InChI=1S/C29H39NO/c1-2-3-4-5-6-7-8-12-21-31-29-20-19-27(22-28(29)23-30)26-17-15-25(16-18-26)24-13-10-9-11-14-24/h15-20,22,24H,2-14,21H2,1H3. The number of nitrogens with zero attached hydrogens (tertiary/aromatic N) is 1. The maximum atomic E-state index is 9.62. The van der Waals surface area contributed by atoms with Gasteiger partial charge in [0.05, 0.1) is 12.2 Å². The van der Waals surface area contributed by atoms with Crippen LogP contribution in [0.5, 0.6) is 5.75 Å². The Balaban J connectivity index is 1.48. The summed E-state index contributed by atoms with van der Waals surface area (Å²) in [5, 5.41) is 9.62. The zero-order chi connectivity index (χ0) is 21.7. The van der Waals surface area contributed by atoms with Crippen molar-refractivity contribution >= 4 is 0 Å². The van der Waals surface area contributed by atoms with Crippen molar-refractivity contribution in [3.8, 4) is 22.9 Å². The lowest BCUT2D eigenvalue weighted by Crippen LogP contribution is -2.04. The van der Waals surface area contributed by atoms with Crippen LogP contribution in [0.1, 0.15) is 107 Å². The van der Waals surface area contributed by atoms with Crippen LogP contribution in [-0.4, -0.2) is 6.61 Å². The SMILES string of the molecule is CCCCCCCCCCOc1ccc(-c2ccc(C3CCCCC3)cc2)cc1C#N. The predicted octanol–water partition coefficient (Wildman–Crippen LogP) is 8.79. The molecule has 0 atom stereocenters. The molecule has 2 heteroatoms. The zero-order valence-electron chi connectivity index (χ0n) is 19.4. The Morgan fingerprint density at radius 3 is 2.13 bits per heavy atom. The topological polar surface area (TPSA) is 33.0 Å². The van der Waals surface area contributed by atoms with Crippen molar-refractivity contribution in [1.82, 2.24) is 0 Å². The van der Waals surface area contributed by atoms with Crippen LogP contribution in [0, 0.1) is 11.3 Å². The predicted molar refractivity (Wildman–Crippen MR) is 131 cm³/mol. The first kappa shape index (κ1) is 23.4. The quantitative estimate of drug-likeness (QED) is 0.323. The van der Waals surface area contributed by atoms with Gasteiger partial charge in [-0.2, -0.15) is 5.26 Å². The summed E-state index contributed by atoms with van der Waals surface area (Å²) >= 11 is 0. The van der Waals surface area contributed by atoms with E-state index in [1.807, 2.05) is 12.1 Å². The molecule has 0 heterocycles. The van der Waals surface area contributed by atoms with Gasteiger partial charge in [0, 0.05) is 0 Å². The van der Waals surface area contributed by atoms with E-state index in [1.165, 1.54) is 88.2 Å². The van der Waals surface area contributed by atoms with Gasteiger partial charge in [0.1, 0.15) is 11.8 Å². The molecule has 31 heavy (non-hydrogen) atoms. The fourth-order valence-corrected chi connectivity index (χ4v) is 4.72. The summed E-state index contributed by atoms with van der Waals surface area (Å²) in [7, 11) is 0. The van der Waals surface area contributed by atoms with Gasteiger partial charge < -0.3 is 4.74 Å². The van der Waals surface area contributed by atoms with Crippen molar-refractivity contribution in [3.63, 3.8) is 0 Å². The minimum atomic E-state index is 0.633. The van der Waals surface area contributed by atoms with Crippen LogP contribution in [0.15, 0.2) is 42.5 Å². The largest absolute Gasteiger partial charge is 0.492 e.